The monoisotopic (exact) mass is 185 g/mol. The molecule has 1 aromatic heterocycles. The van der Waals surface area contributed by atoms with E-state index in [4.69, 9.17) is 5.11 Å². The van der Waals surface area contributed by atoms with Gasteiger partial charge in [-0.3, -0.25) is 4.79 Å². The van der Waals surface area contributed by atoms with Gasteiger partial charge in [-0.2, -0.15) is 0 Å². The lowest BCUT2D eigenvalue weighted by molar-refractivity contribution is -0.141. The van der Waals surface area contributed by atoms with Gasteiger partial charge >= 0.3 is 5.97 Å². The first-order valence-corrected chi connectivity index (χ1v) is 3.78. The molecule has 0 unspecified atom stereocenters. The quantitative estimate of drug-likeness (QED) is 0.642. The smallest absolute Gasteiger partial charge is 0.327 e. The molecular weight excluding hydrogens is 174 g/mol. The fourth-order valence-electron chi connectivity index (χ4n) is 0.779. The van der Waals surface area contributed by atoms with Gasteiger partial charge in [0.05, 0.1) is 19.4 Å². The molecule has 0 spiro atoms. The molecule has 1 rings (SSSR count). The molecule has 6 heteroatoms. The Morgan fingerprint density at radius 3 is 3.00 bits per heavy atom. The maximum Gasteiger partial charge on any atom is 0.327 e. The summed E-state index contributed by atoms with van der Waals surface area (Å²) in [7, 11) is 1.30. The highest BCUT2D eigenvalue weighted by Crippen LogP contribution is 2.05. The van der Waals surface area contributed by atoms with Crippen LogP contribution in [0.1, 0.15) is 18.7 Å². The predicted octanol–water partition coefficient (Wildman–Crippen LogP) is -0.496. The Bertz CT molecular complexity index is 295. The molecule has 1 atom stereocenters. The Balaban J connectivity index is 2.64. The summed E-state index contributed by atoms with van der Waals surface area (Å²) in [6.45, 7) is 1.59. The number of ether oxygens (including phenoxy) is 1. The number of esters is 1. The summed E-state index contributed by atoms with van der Waals surface area (Å²) in [5, 5.41) is 16.4. The second-order valence-electron chi connectivity index (χ2n) is 2.59. The highest BCUT2D eigenvalue weighted by atomic mass is 16.5. The van der Waals surface area contributed by atoms with Crippen molar-refractivity contribution in [2.75, 3.05) is 7.11 Å². The highest BCUT2D eigenvalue weighted by Gasteiger charge is 2.08. The SMILES string of the molecule is COC(=O)Cn1cc([C@H](C)O)nn1. The normalized spacial score (nSPS) is 12.5. The molecule has 6 nitrogen and oxygen atoms in total. The minimum atomic E-state index is -0.675. The zero-order valence-electron chi connectivity index (χ0n) is 7.47. The molecule has 0 saturated carbocycles. The van der Waals surface area contributed by atoms with Crippen LogP contribution in [-0.2, 0) is 16.1 Å². The second-order valence-corrected chi connectivity index (χ2v) is 2.59. The molecule has 0 amide bonds. The van der Waals surface area contributed by atoms with Gasteiger partial charge in [0.15, 0.2) is 0 Å². The van der Waals surface area contributed by atoms with Crippen LogP contribution in [0, 0.1) is 0 Å². The van der Waals surface area contributed by atoms with E-state index in [1.165, 1.54) is 18.0 Å². The van der Waals surface area contributed by atoms with Gasteiger partial charge < -0.3 is 9.84 Å². The van der Waals surface area contributed by atoms with E-state index in [-0.39, 0.29) is 6.54 Å². The first-order valence-electron chi connectivity index (χ1n) is 3.78. The number of aliphatic hydroxyl groups excluding tert-OH is 1. The molecule has 0 aliphatic rings. The molecule has 0 aliphatic carbocycles. The zero-order valence-corrected chi connectivity index (χ0v) is 7.47. The minimum absolute atomic E-state index is 0.0101. The summed E-state index contributed by atoms with van der Waals surface area (Å²) in [6.07, 6.45) is 0.827. The van der Waals surface area contributed by atoms with Gasteiger partial charge in [0.1, 0.15) is 12.2 Å². The predicted molar refractivity (Wildman–Crippen MR) is 42.7 cm³/mol. The number of nitrogens with zero attached hydrogens (tertiary/aromatic N) is 3. The number of rotatable bonds is 3. The van der Waals surface area contributed by atoms with Crippen molar-refractivity contribution in [3.63, 3.8) is 0 Å². The molecular formula is C7H11N3O3. The number of aromatic nitrogens is 3. The van der Waals surface area contributed by atoms with Crippen LogP contribution in [0.3, 0.4) is 0 Å². The minimum Gasteiger partial charge on any atom is -0.468 e. The van der Waals surface area contributed by atoms with Crippen molar-refractivity contribution >= 4 is 5.97 Å². The number of aliphatic hydroxyl groups is 1. The first kappa shape index (κ1) is 9.66. The number of hydrogen-bond donors (Lipinski definition) is 1. The first-order chi connectivity index (χ1) is 6.13. The summed E-state index contributed by atoms with van der Waals surface area (Å²) in [6, 6.07) is 0. The average Bonchev–Trinajstić information content (AvgIpc) is 2.52. The highest BCUT2D eigenvalue weighted by molar-refractivity contribution is 5.68. The molecule has 0 radical (unpaired) electrons. The van der Waals surface area contributed by atoms with Crippen molar-refractivity contribution in [1.82, 2.24) is 15.0 Å². The van der Waals surface area contributed by atoms with Crippen LogP contribution in [0.5, 0.6) is 0 Å². The third-order valence-corrected chi connectivity index (χ3v) is 1.50. The largest absolute Gasteiger partial charge is 0.468 e. The van der Waals surface area contributed by atoms with E-state index >= 15 is 0 Å². The number of hydrogen-bond acceptors (Lipinski definition) is 5. The molecule has 1 aromatic rings. The average molecular weight is 185 g/mol. The number of methoxy groups -OCH3 is 1. The van der Waals surface area contributed by atoms with Crippen LogP contribution in [0.15, 0.2) is 6.20 Å². The number of carbonyl (C=O) groups excluding carboxylic acids is 1. The Hall–Kier alpha value is -1.43. The van der Waals surface area contributed by atoms with E-state index in [2.05, 4.69) is 15.0 Å². The van der Waals surface area contributed by atoms with Crippen molar-refractivity contribution in [1.29, 1.82) is 0 Å². The summed E-state index contributed by atoms with van der Waals surface area (Å²) < 4.78 is 5.75. The van der Waals surface area contributed by atoms with Crippen molar-refractivity contribution in [3.8, 4) is 0 Å². The molecule has 0 saturated heterocycles. The van der Waals surface area contributed by atoms with Crippen molar-refractivity contribution in [2.24, 2.45) is 0 Å². The van der Waals surface area contributed by atoms with Gasteiger partial charge in [0, 0.05) is 0 Å². The fourth-order valence-corrected chi connectivity index (χ4v) is 0.779. The van der Waals surface area contributed by atoms with Crippen molar-refractivity contribution in [3.05, 3.63) is 11.9 Å². The van der Waals surface area contributed by atoms with E-state index in [0.717, 1.165) is 0 Å². The van der Waals surface area contributed by atoms with E-state index < -0.39 is 12.1 Å². The molecule has 0 bridgehead atoms. The maximum atomic E-state index is 10.8. The lowest BCUT2D eigenvalue weighted by Crippen LogP contribution is -2.11. The Morgan fingerprint density at radius 1 is 1.85 bits per heavy atom. The van der Waals surface area contributed by atoms with Crippen molar-refractivity contribution in [2.45, 2.75) is 19.6 Å². The van der Waals surface area contributed by atoms with Gasteiger partial charge in [-0.25, -0.2) is 4.68 Å². The Morgan fingerprint density at radius 2 is 2.54 bits per heavy atom. The molecule has 72 valence electrons. The standard InChI is InChI=1S/C7H11N3O3/c1-5(11)6-3-10(9-8-6)4-7(12)13-2/h3,5,11H,4H2,1-2H3/t5-/m0/s1. The lowest BCUT2D eigenvalue weighted by Gasteiger charge is -1.97. The van der Waals surface area contributed by atoms with Crippen LogP contribution < -0.4 is 0 Å². The lowest BCUT2D eigenvalue weighted by atomic mass is 10.3. The van der Waals surface area contributed by atoms with Crippen LogP contribution in [0.2, 0.25) is 0 Å². The summed E-state index contributed by atoms with van der Waals surface area (Å²) in [5.41, 5.74) is 0.434. The van der Waals surface area contributed by atoms with Gasteiger partial charge in [-0.1, -0.05) is 5.21 Å². The third kappa shape index (κ3) is 2.51. The Labute approximate surface area is 75.1 Å². The fraction of sp³-hybridized carbons (Fsp3) is 0.571. The third-order valence-electron chi connectivity index (χ3n) is 1.50. The van der Waals surface area contributed by atoms with Crippen LogP contribution in [0.25, 0.3) is 0 Å². The molecule has 13 heavy (non-hydrogen) atoms. The van der Waals surface area contributed by atoms with Crippen molar-refractivity contribution < 1.29 is 14.6 Å². The van der Waals surface area contributed by atoms with E-state index in [9.17, 15) is 4.79 Å². The van der Waals surface area contributed by atoms with E-state index in [1.807, 2.05) is 0 Å². The van der Waals surface area contributed by atoms with E-state index in [1.54, 1.807) is 6.92 Å². The summed E-state index contributed by atoms with van der Waals surface area (Å²) >= 11 is 0. The maximum absolute atomic E-state index is 10.8. The molecule has 0 aromatic carbocycles. The second kappa shape index (κ2) is 3.99. The summed E-state index contributed by atoms with van der Waals surface area (Å²) in [5.74, 6) is -0.401. The molecule has 0 aliphatic heterocycles. The van der Waals surface area contributed by atoms with Crippen LogP contribution in [-0.4, -0.2) is 33.2 Å². The molecule has 1 heterocycles. The van der Waals surface area contributed by atoms with Gasteiger partial charge in [0.25, 0.3) is 0 Å². The van der Waals surface area contributed by atoms with E-state index in [0.29, 0.717) is 5.69 Å². The Kier molecular flexibility index (Phi) is 2.97. The topological polar surface area (TPSA) is 77.2 Å². The summed E-state index contributed by atoms with van der Waals surface area (Å²) in [4.78, 5) is 10.8. The van der Waals surface area contributed by atoms with Crippen LogP contribution >= 0.6 is 0 Å². The molecule has 0 fully saturated rings. The number of carbonyl (C=O) groups is 1. The van der Waals surface area contributed by atoms with Gasteiger partial charge in [-0.05, 0) is 6.92 Å². The van der Waals surface area contributed by atoms with Gasteiger partial charge in [0.2, 0.25) is 0 Å². The van der Waals surface area contributed by atoms with Gasteiger partial charge in [-0.15, -0.1) is 5.10 Å². The zero-order chi connectivity index (χ0) is 9.84. The van der Waals surface area contributed by atoms with Crippen LogP contribution in [0.4, 0.5) is 0 Å². The molecule has 1 N–H and O–H groups in total.